The fourth-order valence-corrected chi connectivity index (χ4v) is 2.99. The Morgan fingerprint density at radius 1 is 0.926 bits per heavy atom. The van der Waals surface area contributed by atoms with Crippen LogP contribution in [0.5, 0.6) is 0 Å². The maximum Gasteiger partial charge on any atom is 0.318 e. The van der Waals surface area contributed by atoms with Crippen molar-refractivity contribution in [3.05, 3.63) is 24.3 Å². The minimum absolute atomic E-state index is 0.114. The third-order valence-corrected chi connectivity index (χ3v) is 4.46. The van der Waals surface area contributed by atoms with Crippen molar-refractivity contribution in [1.29, 1.82) is 0 Å². The first kappa shape index (κ1) is 20.5. The van der Waals surface area contributed by atoms with Gasteiger partial charge in [0.25, 0.3) is 0 Å². The molecular formula is C19H29N5O3. The number of urea groups is 2. The van der Waals surface area contributed by atoms with E-state index < -0.39 is 0 Å². The number of carbonyl (C=O) groups excluding carboxylic acids is 3. The smallest absolute Gasteiger partial charge is 0.318 e. The molecular weight excluding hydrogens is 346 g/mol. The molecule has 0 aliphatic heterocycles. The normalized spacial score (nSPS) is 14.1. The molecule has 0 radical (unpaired) electrons. The molecule has 1 saturated carbocycles. The van der Waals surface area contributed by atoms with Gasteiger partial charge in [0.05, 0.1) is 0 Å². The van der Waals surface area contributed by atoms with Crippen LogP contribution in [0.4, 0.5) is 21.0 Å². The van der Waals surface area contributed by atoms with Gasteiger partial charge in [-0.25, -0.2) is 9.59 Å². The molecule has 1 aromatic rings. The molecule has 0 bridgehead atoms. The number of carbonyl (C=O) groups is 3. The monoisotopic (exact) mass is 375 g/mol. The van der Waals surface area contributed by atoms with Gasteiger partial charge in [-0.05, 0) is 43.5 Å². The van der Waals surface area contributed by atoms with E-state index in [0.29, 0.717) is 30.8 Å². The molecule has 8 heteroatoms. The minimum atomic E-state index is -0.299. The van der Waals surface area contributed by atoms with E-state index in [1.165, 1.54) is 19.3 Å². The summed E-state index contributed by atoms with van der Waals surface area (Å²) in [7, 11) is 1.54. The van der Waals surface area contributed by atoms with Gasteiger partial charge in [0.1, 0.15) is 0 Å². The molecule has 148 valence electrons. The molecule has 27 heavy (non-hydrogen) atoms. The summed E-state index contributed by atoms with van der Waals surface area (Å²) in [6.45, 7) is 0.459. The Hall–Kier alpha value is -2.77. The fourth-order valence-electron chi connectivity index (χ4n) is 2.99. The zero-order valence-corrected chi connectivity index (χ0v) is 15.8. The molecule has 5 amide bonds. The summed E-state index contributed by atoms with van der Waals surface area (Å²) in [4.78, 5) is 35.0. The summed E-state index contributed by atoms with van der Waals surface area (Å²) in [5.41, 5.74) is 1.30. The summed E-state index contributed by atoms with van der Waals surface area (Å²) < 4.78 is 0. The Labute approximate surface area is 159 Å². The van der Waals surface area contributed by atoms with Gasteiger partial charge in [-0.2, -0.15) is 0 Å². The third kappa shape index (κ3) is 7.98. The predicted molar refractivity (Wildman–Crippen MR) is 106 cm³/mol. The summed E-state index contributed by atoms with van der Waals surface area (Å²) >= 11 is 0. The summed E-state index contributed by atoms with van der Waals surface area (Å²) in [6, 6.07) is 6.69. The van der Waals surface area contributed by atoms with Gasteiger partial charge in [-0.3, -0.25) is 4.79 Å². The Morgan fingerprint density at radius 2 is 1.56 bits per heavy atom. The van der Waals surface area contributed by atoms with Crippen LogP contribution < -0.4 is 26.6 Å². The molecule has 1 aliphatic rings. The number of hydrogen-bond donors (Lipinski definition) is 5. The second kappa shape index (κ2) is 11.1. The van der Waals surface area contributed by atoms with Crippen LogP contribution in [-0.4, -0.2) is 37.6 Å². The summed E-state index contributed by atoms with van der Waals surface area (Å²) in [5.74, 6) is -0.114. The van der Waals surface area contributed by atoms with Crippen LogP contribution in [0.15, 0.2) is 24.3 Å². The standard InChI is InChI=1S/C19H29N5O3/c1-20-18(26)23-16-11-9-15(10-12-16)22-17(25)8-5-13-21-19(27)24-14-6-3-2-4-7-14/h9-12,14H,2-8,13H2,1H3,(H,22,25)(H2,20,23,26)(H2,21,24,27). The molecule has 0 atom stereocenters. The fraction of sp³-hybridized carbons (Fsp3) is 0.526. The van der Waals surface area contributed by atoms with Crippen molar-refractivity contribution in [3.8, 4) is 0 Å². The van der Waals surface area contributed by atoms with Gasteiger partial charge in [-0.15, -0.1) is 0 Å². The van der Waals surface area contributed by atoms with E-state index in [9.17, 15) is 14.4 Å². The molecule has 1 aliphatic carbocycles. The molecule has 1 fully saturated rings. The highest BCUT2D eigenvalue weighted by Crippen LogP contribution is 2.17. The Balaban J connectivity index is 1.60. The average Bonchev–Trinajstić information content (AvgIpc) is 2.67. The SMILES string of the molecule is CNC(=O)Nc1ccc(NC(=O)CCCNC(=O)NC2CCCCC2)cc1. The lowest BCUT2D eigenvalue weighted by molar-refractivity contribution is -0.116. The second-order valence-electron chi connectivity index (χ2n) is 6.67. The van der Waals surface area contributed by atoms with Crippen LogP contribution in [0, 0.1) is 0 Å². The van der Waals surface area contributed by atoms with Crippen LogP contribution in [0.2, 0.25) is 0 Å². The van der Waals surface area contributed by atoms with E-state index in [1.807, 2.05) is 0 Å². The number of anilines is 2. The van der Waals surface area contributed by atoms with E-state index in [4.69, 9.17) is 0 Å². The first-order chi connectivity index (χ1) is 13.1. The van der Waals surface area contributed by atoms with Gasteiger partial charge >= 0.3 is 12.1 Å². The largest absolute Gasteiger partial charge is 0.341 e. The maximum atomic E-state index is 12.0. The van der Waals surface area contributed by atoms with Gasteiger partial charge in [0.15, 0.2) is 0 Å². The van der Waals surface area contributed by atoms with Crippen LogP contribution in [0.3, 0.4) is 0 Å². The first-order valence-corrected chi connectivity index (χ1v) is 9.50. The molecule has 5 N–H and O–H groups in total. The Bertz CT molecular complexity index is 627. The van der Waals surface area contributed by atoms with Crippen molar-refractivity contribution in [2.75, 3.05) is 24.2 Å². The quantitative estimate of drug-likeness (QED) is 0.473. The predicted octanol–water partition coefficient (Wildman–Crippen LogP) is 2.79. The topological polar surface area (TPSA) is 111 Å². The highest BCUT2D eigenvalue weighted by atomic mass is 16.2. The molecule has 0 aromatic heterocycles. The summed E-state index contributed by atoms with van der Waals surface area (Å²) in [6.07, 6.45) is 6.59. The van der Waals surface area contributed by atoms with Gasteiger partial charge < -0.3 is 26.6 Å². The van der Waals surface area contributed by atoms with Crippen molar-refractivity contribution >= 4 is 29.3 Å². The number of benzene rings is 1. The Kier molecular flexibility index (Phi) is 8.41. The number of hydrogen-bond acceptors (Lipinski definition) is 3. The van der Waals surface area contributed by atoms with E-state index in [2.05, 4.69) is 26.6 Å². The van der Waals surface area contributed by atoms with Crippen LogP contribution in [0.1, 0.15) is 44.9 Å². The zero-order valence-electron chi connectivity index (χ0n) is 15.8. The molecule has 0 saturated heterocycles. The Morgan fingerprint density at radius 3 is 2.19 bits per heavy atom. The van der Waals surface area contributed by atoms with Crippen molar-refractivity contribution < 1.29 is 14.4 Å². The van der Waals surface area contributed by atoms with E-state index >= 15 is 0 Å². The van der Waals surface area contributed by atoms with Crippen LogP contribution in [-0.2, 0) is 4.79 Å². The van der Waals surface area contributed by atoms with E-state index in [0.717, 1.165) is 12.8 Å². The molecule has 0 unspecified atom stereocenters. The van der Waals surface area contributed by atoms with E-state index in [1.54, 1.807) is 31.3 Å². The second-order valence-corrected chi connectivity index (χ2v) is 6.67. The van der Waals surface area contributed by atoms with Gasteiger partial charge in [0.2, 0.25) is 5.91 Å². The third-order valence-electron chi connectivity index (χ3n) is 4.46. The lowest BCUT2D eigenvalue weighted by atomic mass is 9.96. The lowest BCUT2D eigenvalue weighted by Crippen LogP contribution is -2.43. The molecule has 2 rings (SSSR count). The minimum Gasteiger partial charge on any atom is -0.341 e. The maximum absolute atomic E-state index is 12.0. The van der Waals surface area contributed by atoms with Crippen molar-refractivity contribution in [2.45, 2.75) is 51.0 Å². The molecule has 1 aromatic carbocycles. The van der Waals surface area contributed by atoms with Gasteiger partial charge in [-0.1, -0.05) is 19.3 Å². The lowest BCUT2D eigenvalue weighted by Gasteiger charge is -2.22. The zero-order chi connectivity index (χ0) is 19.5. The average molecular weight is 375 g/mol. The van der Waals surface area contributed by atoms with Crippen LogP contribution >= 0.6 is 0 Å². The van der Waals surface area contributed by atoms with Crippen molar-refractivity contribution in [3.63, 3.8) is 0 Å². The number of rotatable bonds is 7. The molecule has 0 heterocycles. The van der Waals surface area contributed by atoms with E-state index in [-0.39, 0.29) is 24.0 Å². The van der Waals surface area contributed by atoms with Crippen molar-refractivity contribution in [2.24, 2.45) is 0 Å². The first-order valence-electron chi connectivity index (χ1n) is 9.50. The molecule has 8 nitrogen and oxygen atoms in total. The van der Waals surface area contributed by atoms with Gasteiger partial charge in [0, 0.05) is 37.4 Å². The number of amides is 5. The summed E-state index contributed by atoms with van der Waals surface area (Å²) in [5, 5.41) is 13.7. The molecule has 0 spiro atoms. The highest BCUT2D eigenvalue weighted by molar-refractivity contribution is 5.92. The number of nitrogens with one attached hydrogen (secondary N) is 5. The van der Waals surface area contributed by atoms with Crippen LogP contribution in [0.25, 0.3) is 0 Å². The van der Waals surface area contributed by atoms with Crippen molar-refractivity contribution in [1.82, 2.24) is 16.0 Å². The highest BCUT2D eigenvalue weighted by Gasteiger charge is 2.15.